The second kappa shape index (κ2) is 8.20. The van der Waals surface area contributed by atoms with Crippen LogP contribution in [0.2, 0.25) is 0 Å². The molecule has 2 aromatic heterocycles. The Morgan fingerprint density at radius 1 is 1.00 bits per heavy atom. The Morgan fingerprint density at radius 2 is 1.76 bits per heavy atom. The maximum Gasteiger partial charge on any atom is 0.321 e. The lowest BCUT2D eigenvalue weighted by atomic mass is 10.1. The number of rotatable bonds is 6. The van der Waals surface area contributed by atoms with Crippen molar-refractivity contribution in [1.82, 2.24) is 29.9 Å². The normalized spacial score (nSPS) is 11.0. The molecular weight excluding hydrogens is 364 g/mol. The van der Waals surface area contributed by atoms with Crippen LogP contribution in [0.5, 0.6) is 11.8 Å². The largest absolute Gasteiger partial charge is 0.424 e. The fourth-order valence-corrected chi connectivity index (χ4v) is 2.95. The number of hydrogen-bond donors (Lipinski definition) is 0. The molecule has 29 heavy (non-hydrogen) atoms. The molecule has 0 aliphatic heterocycles. The van der Waals surface area contributed by atoms with Crippen LogP contribution in [0.25, 0.3) is 16.9 Å². The quantitative estimate of drug-likeness (QED) is 0.501. The summed E-state index contributed by atoms with van der Waals surface area (Å²) in [5, 5.41) is 8.61. The number of benzene rings is 2. The first-order valence-corrected chi connectivity index (χ1v) is 9.31. The highest BCUT2D eigenvalue weighted by Gasteiger charge is 2.09. The molecule has 0 fully saturated rings. The number of aryl methyl sites for hydroxylation is 1. The van der Waals surface area contributed by atoms with E-state index in [0.717, 1.165) is 29.1 Å². The van der Waals surface area contributed by atoms with E-state index in [4.69, 9.17) is 4.74 Å². The number of nitrogens with zero attached hydrogens (tertiary/aromatic N) is 6. The molecule has 2 aromatic carbocycles. The predicted octanol–water partition coefficient (Wildman–Crippen LogP) is 3.89. The highest BCUT2D eigenvalue weighted by molar-refractivity contribution is 5.59. The van der Waals surface area contributed by atoms with Crippen LogP contribution < -0.4 is 4.74 Å². The van der Waals surface area contributed by atoms with Gasteiger partial charge in [0.25, 0.3) is 0 Å². The van der Waals surface area contributed by atoms with E-state index in [0.29, 0.717) is 11.8 Å². The van der Waals surface area contributed by atoms with Crippen molar-refractivity contribution in [2.24, 2.45) is 0 Å². The fourth-order valence-electron chi connectivity index (χ4n) is 2.95. The topological polar surface area (TPSA) is 69.0 Å². The van der Waals surface area contributed by atoms with Crippen molar-refractivity contribution in [2.45, 2.75) is 13.5 Å². The molecule has 0 bridgehead atoms. The molecular formula is C22H22N6O. The molecule has 4 rings (SSSR count). The first kappa shape index (κ1) is 18.8. The molecule has 7 heteroatoms. The van der Waals surface area contributed by atoms with Crippen molar-refractivity contribution in [2.75, 3.05) is 14.1 Å². The van der Waals surface area contributed by atoms with Gasteiger partial charge in [0.05, 0.1) is 11.9 Å². The van der Waals surface area contributed by atoms with E-state index in [9.17, 15) is 0 Å². The van der Waals surface area contributed by atoms with E-state index in [-0.39, 0.29) is 0 Å². The van der Waals surface area contributed by atoms with Crippen molar-refractivity contribution in [3.63, 3.8) is 0 Å². The maximum atomic E-state index is 5.82. The molecule has 0 aliphatic rings. The zero-order valence-corrected chi connectivity index (χ0v) is 16.6. The molecule has 0 spiro atoms. The van der Waals surface area contributed by atoms with E-state index >= 15 is 0 Å². The zero-order chi connectivity index (χ0) is 20.2. The third kappa shape index (κ3) is 4.47. The first-order chi connectivity index (χ1) is 14.1. The molecule has 0 unspecified atom stereocenters. The summed E-state index contributed by atoms with van der Waals surface area (Å²) in [5.74, 6) is 0.679. The van der Waals surface area contributed by atoms with Gasteiger partial charge in [-0.25, -0.2) is 14.6 Å². The van der Waals surface area contributed by atoms with Crippen molar-refractivity contribution >= 4 is 0 Å². The molecule has 7 nitrogen and oxygen atoms in total. The molecule has 0 atom stereocenters. The minimum atomic E-state index is 0.310. The van der Waals surface area contributed by atoms with Crippen LogP contribution in [0.15, 0.2) is 67.1 Å². The van der Waals surface area contributed by atoms with Crippen molar-refractivity contribution in [1.29, 1.82) is 0 Å². The Kier molecular flexibility index (Phi) is 5.31. The average Bonchev–Trinajstić information content (AvgIpc) is 3.21. The van der Waals surface area contributed by atoms with Gasteiger partial charge in [0.2, 0.25) is 0 Å². The van der Waals surface area contributed by atoms with Gasteiger partial charge in [-0.1, -0.05) is 35.5 Å². The first-order valence-electron chi connectivity index (χ1n) is 9.31. The predicted molar refractivity (Wildman–Crippen MR) is 111 cm³/mol. The van der Waals surface area contributed by atoms with Gasteiger partial charge in [-0.2, -0.15) is 0 Å². The summed E-state index contributed by atoms with van der Waals surface area (Å²) in [6.45, 7) is 2.88. The SMILES string of the molecule is Cc1ccc(-n2cc(-c3ccc(CN(C)C)cc3)nn2)cc1Oc1ncccn1. The van der Waals surface area contributed by atoms with Crippen LogP contribution in [0.3, 0.4) is 0 Å². The van der Waals surface area contributed by atoms with Gasteiger partial charge in [-0.05, 0) is 44.3 Å². The highest BCUT2D eigenvalue weighted by Crippen LogP contribution is 2.26. The van der Waals surface area contributed by atoms with Crippen LogP contribution in [0.4, 0.5) is 0 Å². The summed E-state index contributed by atoms with van der Waals surface area (Å²) in [6.07, 6.45) is 5.21. The summed E-state index contributed by atoms with van der Waals surface area (Å²) in [4.78, 5) is 10.4. The molecule has 0 radical (unpaired) electrons. The Labute approximate surface area is 169 Å². The van der Waals surface area contributed by atoms with E-state index in [2.05, 4.69) is 63.5 Å². The molecule has 0 saturated carbocycles. The van der Waals surface area contributed by atoms with Gasteiger partial charge in [0.15, 0.2) is 0 Å². The van der Waals surface area contributed by atoms with Crippen molar-refractivity contribution < 1.29 is 4.74 Å². The minimum Gasteiger partial charge on any atom is -0.424 e. The number of aromatic nitrogens is 5. The lowest BCUT2D eigenvalue weighted by Gasteiger charge is -2.09. The monoisotopic (exact) mass is 386 g/mol. The van der Waals surface area contributed by atoms with Crippen LogP contribution in [0, 0.1) is 6.92 Å². The molecule has 0 aliphatic carbocycles. The summed E-state index contributed by atoms with van der Waals surface area (Å²) >= 11 is 0. The highest BCUT2D eigenvalue weighted by atomic mass is 16.5. The van der Waals surface area contributed by atoms with Crippen LogP contribution >= 0.6 is 0 Å². The molecule has 0 amide bonds. The van der Waals surface area contributed by atoms with Gasteiger partial charge in [0, 0.05) is 30.6 Å². The van der Waals surface area contributed by atoms with Crippen molar-refractivity contribution in [3.05, 3.63) is 78.2 Å². The standard InChI is InChI=1S/C22H22N6O/c1-16-5-10-19(13-21(16)29-22-23-11-4-12-24-22)28-15-20(25-26-28)18-8-6-17(7-9-18)14-27(2)3/h4-13,15H,14H2,1-3H3. The van der Waals surface area contributed by atoms with Crippen LogP contribution in [-0.4, -0.2) is 44.0 Å². The second-order valence-corrected chi connectivity index (χ2v) is 7.07. The Balaban J connectivity index is 1.57. The lowest BCUT2D eigenvalue weighted by Crippen LogP contribution is -2.10. The van der Waals surface area contributed by atoms with Crippen molar-refractivity contribution in [3.8, 4) is 28.7 Å². The molecule has 0 N–H and O–H groups in total. The van der Waals surface area contributed by atoms with Gasteiger partial charge in [-0.15, -0.1) is 5.10 Å². The number of ether oxygens (including phenoxy) is 1. The smallest absolute Gasteiger partial charge is 0.321 e. The van der Waals surface area contributed by atoms with E-state index in [1.807, 2.05) is 31.3 Å². The third-order valence-corrected chi connectivity index (χ3v) is 4.42. The summed E-state index contributed by atoms with van der Waals surface area (Å²) in [6, 6.07) is 16.3. The summed E-state index contributed by atoms with van der Waals surface area (Å²) in [7, 11) is 4.12. The van der Waals surface area contributed by atoms with Gasteiger partial charge in [-0.3, -0.25) is 0 Å². The van der Waals surface area contributed by atoms with Gasteiger partial charge in [0.1, 0.15) is 11.4 Å². The van der Waals surface area contributed by atoms with E-state index < -0.39 is 0 Å². The molecule has 146 valence electrons. The lowest BCUT2D eigenvalue weighted by molar-refractivity contribution is 0.402. The van der Waals surface area contributed by atoms with E-state index in [1.54, 1.807) is 23.1 Å². The van der Waals surface area contributed by atoms with Crippen LogP contribution in [-0.2, 0) is 6.54 Å². The number of hydrogen-bond acceptors (Lipinski definition) is 6. The fraction of sp³-hybridized carbons (Fsp3) is 0.182. The van der Waals surface area contributed by atoms with Gasteiger partial charge < -0.3 is 9.64 Å². The maximum absolute atomic E-state index is 5.82. The minimum absolute atomic E-state index is 0.310. The Bertz CT molecular complexity index is 1090. The van der Waals surface area contributed by atoms with Gasteiger partial charge >= 0.3 is 6.01 Å². The van der Waals surface area contributed by atoms with E-state index in [1.165, 1.54) is 5.56 Å². The molecule has 0 saturated heterocycles. The molecule has 4 aromatic rings. The Hall–Kier alpha value is -3.58. The molecule has 2 heterocycles. The summed E-state index contributed by atoms with van der Waals surface area (Å²) < 4.78 is 7.56. The second-order valence-electron chi connectivity index (χ2n) is 7.07. The third-order valence-electron chi connectivity index (χ3n) is 4.42. The van der Waals surface area contributed by atoms with Crippen LogP contribution in [0.1, 0.15) is 11.1 Å². The Morgan fingerprint density at radius 3 is 2.48 bits per heavy atom. The average molecular weight is 386 g/mol. The zero-order valence-electron chi connectivity index (χ0n) is 16.6. The summed E-state index contributed by atoms with van der Waals surface area (Å²) in [5.41, 5.74) is 4.94.